The van der Waals surface area contributed by atoms with E-state index in [0.29, 0.717) is 6.42 Å². The molecule has 1 aliphatic heterocycles. The van der Waals surface area contributed by atoms with Crippen molar-refractivity contribution in [1.29, 1.82) is 0 Å². The van der Waals surface area contributed by atoms with Crippen molar-refractivity contribution in [2.75, 3.05) is 13.2 Å². The van der Waals surface area contributed by atoms with Crippen LogP contribution < -0.4 is 10.6 Å². The molecule has 1 aliphatic rings. The molecule has 3 N–H and O–H groups in total. The summed E-state index contributed by atoms with van der Waals surface area (Å²) in [5.74, 6) is -4.23. The Hall–Kier alpha value is -1.24. The number of nitrogens with one attached hydrogen (secondary N) is 2. The Kier molecular flexibility index (Phi) is 3.57. The molecule has 0 radical (unpaired) electrons. The summed E-state index contributed by atoms with van der Waals surface area (Å²) in [6.45, 7) is -2.24. The first-order chi connectivity index (χ1) is 6.94. The van der Waals surface area contributed by atoms with Gasteiger partial charge in [0.1, 0.15) is 12.6 Å². The predicted octanol–water partition coefficient (Wildman–Crippen LogP) is -0.991. The van der Waals surface area contributed by atoms with E-state index in [0.717, 1.165) is 0 Å². The average molecular weight is 222 g/mol. The second-order valence-electron chi connectivity index (χ2n) is 3.39. The number of alkyl halides is 2. The van der Waals surface area contributed by atoms with E-state index in [1.54, 1.807) is 0 Å². The van der Waals surface area contributed by atoms with Crippen molar-refractivity contribution < 1.29 is 23.5 Å². The largest absolute Gasteiger partial charge is 0.390 e. The summed E-state index contributed by atoms with van der Waals surface area (Å²) in [5.41, 5.74) is 0. The minimum Gasteiger partial charge on any atom is -0.390 e. The zero-order valence-corrected chi connectivity index (χ0v) is 7.93. The Balaban J connectivity index is 2.33. The monoisotopic (exact) mass is 222 g/mol. The highest BCUT2D eigenvalue weighted by Crippen LogP contribution is 2.11. The molecule has 0 spiro atoms. The van der Waals surface area contributed by atoms with Crippen LogP contribution in [0.3, 0.4) is 0 Å². The topological polar surface area (TPSA) is 78.4 Å². The summed E-state index contributed by atoms with van der Waals surface area (Å²) in [6.07, 6.45) is 0.545. The lowest BCUT2D eigenvalue weighted by molar-refractivity contribution is -0.127. The van der Waals surface area contributed by atoms with Crippen LogP contribution in [0.1, 0.15) is 12.8 Å². The fourth-order valence-electron chi connectivity index (χ4n) is 1.21. The molecule has 0 aromatic carbocycles. The molecule has 2 amide bonds. The predicted molar refractivity (Wildman–Crippen MR) is 46.2 cm³/mol. The van der Waals surface area contributed by atoms with Gasteiger partial charge in [0.15, 0.2) is 0 Å². The van der Waals surface area contributed by atoms with Gasteiger partial charge in [-0.05, 0) is 6.42 Å². The number of carbonyl (C=O) groups is 2. The second-order valence-corrected chi connectivity index (χ2v) is 3.39. The molecule has 0 bridgehead atoms. The summed E-state index contributed by atoms with van der Waals surface area (Å²) < 4.78 is 25.0. The first-order valence-electron chi connectivity index (χ1n) is 4.50. The molecular weight excluding hydrogens is 210 g/mol. The van der Waals surface area contributed by atoms with Crippen LogP contribution in [0, 0.1) is 0 Å². The molecule has 1 rings (SSSR count). The minimum absolute atomic E-state index is 0.231. The third kappa shape index (κ3) is 3.43. The third-order valence-corrected chi connectivity index (χ3v) is 2.06. The van der Waals surface area contributed by atoms with Crippen molar-refractivity contribution in [2.45, 2.75) is 24.8 Å². The molecule has 1 heterocycles. The quantitative estimate of drug-likeness (QED) is 0.571. The van der Waals surface area contributed by atoms with Gasteiger partial charge in [0.05, 0.1) is 6.54 Å². The van der Waals surface area contributed by atoms with Crippen LogP contribution in [0.25, 0.3) is 0 Å². The lowest BCUT2D eigenvalue weighted by Crippen LogP contribution is -2.46. The molecule has 86 valence electrons. The molecular formula is C8H12F2N2O3. The molecule has 1 saturated heterocycles. The third-order valence-electron chi connectivity index (χ3n) is 2.06. The molecule has 1 unspecified atom stereocenters. The van der Waals surface area contributed by atoms with Gasteiger partial charge in [-0.1, -0.05) is 0 Å². The minimum atomic E-state index is -3.32. The highest BCUT2D eigenvalue weighted by Gasteiger charge is 2.32. The van der Waals surface area contributed by atoms with E-state index in [4.69, 9.17) is 5.11 Å². The van der Waals surface area contributed by atoms with E-state index >= 15 is 0 Å². The molecule has 1 fully saturated rings. The Morgan fingerprint density at radius 1 is 1.67 bits per heavy atom. The van der Waals surface area contributed by atoms with Crippen LogP contribution in [-0.4, -0.2) is 42.0 Å². The van der Waals surface area contributed by atoms with Crippen molar-refractivity contribution in [3.63, 3.8) is 0 Å². The van der Waals surface area contributed by atoms with Gasteiger partial charge in [0.2, 0.25) is 11.8 Å². The van der Waals surface area contributed by atoms with Gasteiger partial charge in [-0.3, -0.25) is 9.59 Å². The summed E-state index contributed by atoms with van der Waals surface area (Å²) in [7, 11) is 0. The normalized spacial score (nSPS) is 21.3. The highest BCUT2D eigenvalue weighted by atomic mass is 19.3. The maximum absolute atomic E-state index is 12.5. The fourth-order valence-corrected chi connectivity index (χ4v) is 1.21. The Morgan fingerprint density at radius 3 is 2.80 bits per heavy atom. The average Bonchev–Trinajstić information content (AvgIpc) is 2.61. The van der Waals surface area contributed by atoms with Gasteiger partial charge in [0.25, 0.3) is 5.92 Å². The zero-order valence-electron chi connectivity index (χ0n) is 7.93. The van der Waals surface area contributed by atoms with Crippen LogP contribution in [-0.2, 0) is 9.59 Å². The van der Waals surface area contributed by atoms with Crippen LogP contribution >= 0.6 is 0 Å². The zero-order chi connectivity index (χ0) is 11.5. The number of halogens is 2. The maximum Gasteiger partial charge on any atom is 0.287 e. The molecule has 0 saturated carbocycles. The van der Waals surface area contributed by atoms with Crippen molar-refractivity contribution >= 4 is 11.8 Å². The number of aliphatic hydroxyl groups excluding tert-OH is 1. The van der Waals surface area contributed by atoms with E-state index in [9.17, 15) is 18.4 Å². The summed E-state index contributed by atoms with van der Waals surface area (Å²) in [4.78, 5) is 21.9. The Morgan fingerprint density at radius 2 is 2.33 bits per heavy atom. The van der Waals surface area contributed by atoms with Crippen LogP contribution in [0.5, 0.6) is 0 Å². The lowest BCUT2D eigenvalue weighted by atomic mass is 10.2. The van der Waals surface area contributed by atoms with Gasteiger partial charge >= 0.3 is 0 Å². The smallest absolute Gasteiger partial charge is 0.287 e. The number of amides is 2. The van der Waals surface area contributed by atoms with Gasteiger partial charge in [-0.2, -0.15) is 0 Å². The highest BCUT2D eigenvalue weighted by molar-refractivity contribution is 5.90. The first kappa shape index (κ1) is 11.8. The van der Waals surface area contributed by atoms with Crippen molar-refractivity contribution in [3.05, 3.63) is 0 Å². The number of carbonyl (C=O) groups excluding carboxylic acids is 2. The van der Waals surface area contributed by atoms with E-state index in [-0.39, 0.29) is 12.3 Å². The second kappa shape index (κ2) is 4.52. The SMILES string of the molecule is O=C1CCC(C(=O)NCC(F)(F)CO)N1. The summed E-state index contributed by atoms with van der Waals surface area (Å²) in [6, 6.07) is -0.730. The molecule has 0 aliphatic carbocycles. The van der Waals surface area contributed by atoms with Crippen molar-refractivity contribution in [1.82, 2.24) is 10.6 Å². The first-order valence-corrected chi connectivity index (χ1v) is 4.50. The van der Waals surface area contributed by atoms with E-state index in [1.807, 2.05) is 5.32 Å². The summed E-state index contributed by atoms with van der Waals surface area (Å²) >= 11 is 0. The van der Waals surface area contributed by atoms with E-state index < -0.39 is 31.0 Å². The molecule has 7 heteroatoms. The fraction of sp³-hybridized carbons (Fsp3) is 0.750. The summed E-state index contributed by atoms with van der Waals surface area (Å²) in [5, 5.41) is 12.6. The Bertz CT molecular complexity index is 271. The lowest BCUT2D eigenvalue weighted by Gasteiger charge is -2.16. The van der Waals surface area contributed by atoms with Crippen LogP contribution in [0.4, 0.5) is 8.78 Å². The molecule has 0 aromatic heterocycles. The van der Waals surface area contributed by atoms with Gasteiger partial charge in [-0.25, -0.2) is 8.78 Å². The molecule has 15 heavy (non-hydrogen) atoms. The molecule has 1 atom stereocenters. The Labute approximate surface area is 84.8 Å². The molecule has 0 aromatic rings. The molecule has 5 nitrogen and oxygen atoms in total. The standard InChI is InChI=1S/C8H12F2N2O3/c9-8(10,4-13)3-11-7(15)5-1-2-6(14)12-5/h5,13H,1-4H2,(H,11,15)(H,12,14). The van der Waals surface area contributed by atoms with Crippen molar-refractivity contribution in [2.24, 2.45) is 0 Å². The van der Waals surface area contributed by atoms with Crippen LogP contribution in [0.2, 0.25) is 0 Å². The van der Waals surface area contributed by atoms with Crippen LogP contribution in [0.15, 0.2) is 0 Å². The van der Waals surface area contributed by atoms with E-state index in [2.05, 4.69) is 5.32 Å². The number of aliphatic hydroxyl groups is 1. The van der Waals surface area contributed by atoms with Gasteiger partial charge < -0.3 is 15.7 Å². The van der Waals surface area contributed by atoms with Crippen molar-refractivity contribution in [3.8, 4) is 0 Å². The van der Waals surface area contributed by atoms with E-state index in [1.165, 1.54) is 0 Å². The van der Waals surface area contributed by atoms with Gasteiger partial charge in [0, 0.05) is 6.42 Å². The van der Waals surface area contributed by atoms with Gasteiger partial charge in [-0.15, -0.1) is 0 Å². The number of hydrogen-bond donors (Lipinski definition) is 3. The number of hydrogen-bond acceptors (Lipinski definition) is 3. The number of rotatable bonds is 4. The maximum atomic E-state index is 12.5.